The number of thiazole rings is 1. The van der Waals surface area contributed by atoms with Crippen molar-refractivity contribution in [2.75, 3.05) is 32.2 Å². The topological polar surface area (TPSA) is 63.7 Å². The van der Waals surface area contributed by atoms with Crippen molar-refractivity contribution in [2.45, 2.75) is 18.9 Å². The van der Waals surface area contributed by atoms with Gasteiger partial charge in [-0.3, -0.25) is 4.79 Å². The maximum absolute atomic E-state index is 12.5. The number of aromatic nitrogens is 1. The molecule has 1 fully saturated rings. The number of methoxy groups -OCH3 is 2. The number of amides is 1. The van der Waals surface area contributed by atoms with Gasteiger partial charge in [-0.15, -0.1) is 11.3 Å². The van der Waals surface area contributed by atoms with Crippen LogP contribution in [-0.2, 0) is 0 Å². The van der Waals surface area contributed by atoms with Crippen LogP contribution in [-0.4, -0.2) is 44.2 Å². The van der Waals surface area contributed by atoms with Crippen molar-refractivity contribution >= 4 is 22.4 Å². The molecule has 1 amide bonds. The Morgan fingerprint density at radius 2 is 2.00 bits per heavy atom. The highest BCUT2D eigenvalue weighted by Gasteiger charge is 2.22. The molecular formula is C17H21N3O3S. The van der Waals surface area contributed by atoms with Crippen molar-refractivity contribution < 1.29 is 14.3 Å². The number of nitrogens with zero attached hydrogens (tertiary/aromatic N) is 2. The van der Waals surface area contributed by atoms with E-state index in [0.717, 1.165) is 31.1 Å². The molecule has 0 bridgehead atoms. The van der Waals surface area contributed by atoms with E-state index < -0.39 is 0 Å². The van der Waals surface area contributed by atoms with Crippen LogP contribution in [0.1, 0.15) is 23.2 Å². The van der Waals surface area contributed by atoms with Crippen LogP contribution in [0.25, 0.3) is 0 Å². The highest BCUT2D eigenvalue weighted by molar-refractivity contribution is 7.13. The van der Waals surface area contributed by atoms with Crippen LogP contribution < -0.4 is 19.7 Å². The number of hydrogen-bond acceptors (Lipinski definition) is 6. The largest absolute Gasteiger partial charge is 0.493 e. The lowest BCUT2D eigenvalue weighted by Gasteiger charge is -2.32. The van der Waals surface area contributed by atoms with Crippen molar-refractivity contribution in [3.8, 4) is 11.5 Å². The molecule has 2 aromatic rings. The van der Waals surface area contributed by atoms with Gasteiger partial charge in [0.05, 0.1) is 14.2 Å². The molecular weight excluding hydrogens is 326 g/mol. The van der Waals surface area contributed by atoms with Crippen LogP contribution in [0.15, 0.2) is 29.8 Å². The molecule has 0 atom stereocenters. The SMILES string of the molecule is COc1ccc(C(=O)NC2CCN(c3nccs3)CC2)cc1OC. The second-order valence-corrected chi connectivity index (χ2v) is 6.49. The van der Waals surface area contributed by atoms with Gasteiger partial charge in [-0.25, -0.2) is 4.98 Å². The number of hydrogen-bond donors (Lipinski definition) is 1. The average molecular weight is 347 g/mol. The molecule has 3 rings (SSSR count). The Hall–Kier alpha value is -2.28. The van der Waals surface area contributed by atoms with Crippen molar-refractivity contribution in [1.29, 1.82) is 0 Å². The van der Waals surface area contributed by atoms with Crippen molar-refractivity contribution in [3.05, 3.63) is 35.3 Å². The number of nitrogens with one attached hydrogen (secondary N) is 1. The Morgan fingerprint density at radius 3 is 2.62 bits per heavy atom. The molecule has 1 aromatic heterocycles. The molecule has 0 radical (unpaired) electrons. The lowest BCUT2D eigenvalue weighted by Crippen LogP contribution is -2.44. The van der Waals surface area contributed by atoms with E-state index in [1.807, 2.05) is 11.6 Å². The van der Waals surface area contributed by atoms with Crippen LogP contribution in [0.3, 0.4) is 0 Å². The van der Waals surface area contributed by atoms with Gasteiger partial charge in [-0.1, -0.05) is 0 Å². The fraction of sp³-hybridized carbons (Fsp3) is 0.412. The second-order valence-electron chi connectivity index (χ2n) is 5.62. The van der Waals surface area contributed by atoms with Gasteiger partial charge < -0.3 is 19.7 Å². The summed E-state index contributed by atoms with van der Waals surface area (Å²) in [6, 6.07) is 5.39. The van der Waals surface area contributed by atoms with Gasteiger partial charge >= 0.3 is 0 Å². The highest BCUT2D eigenvalue weighted by atomic mass is 32.1. The first kappa shape index (κ1) is 16.6. The number of ether oxygens (including phenoxy) is 2. The smallest absolute Gasteiger partial charge is 0.251 e. The van der Waals surface area contributed by atoms with E-state index >= 15 is 0 Å². The minimum absolute atomic E-state index is 0.0800. The fourth-order valence-corrected chi connectivity index (χ4v) is 3.53. The van der Waals surface area contributed by atoms with Crippen molar-refractivity contribution in [3.63, 3.8) is 0 Å². The Labute approximate surface area is 145 Å². The molecule has 6 nitrogen and oxygen atoms in total. The maximum Gasteiger partial charge on any atom is 0.251 e. The van der Waals surface area contributed by atoms with Crippen molar-refractivity contribution in [2.24, 2.45) is 0 Å². The number of piperidine rings is 1. The molecule has 24 heavy (non-hydrogen) atoms. The van der Waals surface area contributed by atoms with Crippen LogP contribution in [0.4, 0.5) is 5.13 Å². The van der Waals surface area contributed by atoms with Crippen LogP contribution in [0.5, 0.6) is 11.5 Å². The molecule has 0 unspecified atom stereocenters. The summed E-state index contributed by atoms with van der Waals surface area (Å²) in [6.45, 7) is 1.81. The summed E-state index contributed by atoms with van der Waals surface area (Å²) >= 11 is 1.65. The molecule has 0 spiro atoms. The summed E-state index contributed by atoms with van der Waals surface area (Å²) in [5.41, 5.74) is 0.579. The number of anilines is 1. The molecule has 1 aromatic carbocycles. The standard InChI is InChI=1S/C17H21N3O3S/c1-22-14-4-3-12(11-15(14)23-2)16(21)19-13-5-8-20(9-6-13)17-18-7-10-24-17/h3-4,7,10-11,13H,5-6,8-9H2,1-2H3,(H,19,21). The summed E-state index contributed by atoms with van der Waals surface area (Å²) in [7, 11) is 3.14. The molecule has 2 heterocycles. The zero-order valence-corrected chi connectivity index (χ0v) is 14.6. The zero-order valence-electron chi connectivity index (χ0n) is 13.8. The number of benzene rings is 1. The van der Waals surface area contributed by atoms with Gasteiger partial charge in [-0.2, -0.15) is 0 Å². The van der Waals surface area contributed by atoms with E-state index in [1.54, 1.807) is 43.8 Å². The predicted octanol–water partition coefficient (Wildman–Crippen LogP) is 2.56. The Morgan fingerprint density at radius 1 is 1.25 bits per heavy atom. The second kappa shape index (κ2) is 7.53. The van der Waals surface area contributed by atoms with E-state index in [2.05, 4.69) is 15.2 Å². The first-order valence-electron chi connectivity index (χ1n) is 7.88. The molecule has 128 valence electrons. The summed E-state index contributed by atoms with van der Waals surface area (Å²) in [6.07, 6.45) is 3.65. The Kier molecular flexibility index (Phi) is 5.20. The van der Waals surface area contributed by atoms with E-state index in [4.69, 9.17) is 9.47 Å². The minimum atomic E-state index is -0.0800. The highest BCUT2D eigenvalue weighted by Crippen LogP contribution is 2.28. The van der Waals surface area contributed by atoms with E-state index in [-0.39, 0.29) is 11.9 Å². The average Bonchev–Trinajstić information content (AvgIpc) is 3.16. The third kappa shape index (κ3) is 3.62. The lowest BCUT2D eigenvalue weighted by molar-refractivity contribution is 0.0930. The molecule has 0 saturated carbocycles. The Balaban J connectivity index is 1.58. The minimum Gasteiger partial charge on any atom is -0.493 e. The molecule has 1 aliphatic rings. The van der Waals surface area contributed by atoms with Crippen LogP contribution in [0, 0.1) is 0 Å². The van der Waals surface area contributed by atoms with Gasteiger partial charge in [0, 0.05) is 36.3 Å². The number of carbonyl (C=O) groups is 1. The maximum atomic E-state index is 12.5. The van der Waals surface area contributed by atoms with Crippen LogP contribution >= 0.6 is 11.3 Å². The molecule has 1 N–H and O–H groups in total. The monoisotopic (exact) mass is 347 g/mol. The summed E-state index contributed by atoms with van der Waals surface area (Å²) in [5.74, 6) is 1.10. The first-order valence-corrected chi connectivity index (χ1v) is 8.76. The molecule has 0 aliphatic carbocycles. The normalized spacial score (nSPS) is 15.2. The molecule has 1 aliphatic heterocycles. The van der Waals surface area contributed by atoms with Crippen LogP contribution in [0.2, 0.25) is 0 Å². The summed E-state index contributed by atoms with van der Waals surface area (Å²) in [5, 5.41) is 6.15. The molecule has 7 heteroatoms. The van der Waals surface area contributed by atoms with E-state index in [9.17, 15) is 4.79 Å². The van der Waals surface area contributed by atoms with Gasteiger partial charge in [0.25, 0.3) is 5.91 Å². The summed E-state index contributed by atoms with van der Waals surface area (Å²) in [4.78, 5) is 19.1. The van der Waals surface area contributed by atoms with Gasteiger partial charge in [-0.05, 0) is 31.0 Å². The zero-order chi connectivity index (χ0) is 16.9. The number of rotatable bonds is 5. The quantitative estimate of drug-likeness (QED) is 0.901. The van der Waals surface area contributed by atoms with Gasteiger partial charge in [0.2, 0.25) is 0 Å². The van der Waals surface area contributed by atoms with E-state index in [0.29, 0.717) is 17.1 Å². The van der Waals surface area contributed by atoms with Gasteiger partial charge in [0.15, 0.2) is 16.6 Å². The third-order valence-electron chi connectivity index (χ3n) is 4.17. The van der Waals surface area contributed by atoms with Crippen molar-refractivity contribution in [1.82, 2.24) is 10.3 Å². The summed E-state index contributed by atoms with van der Waals surface area (Å²) < 4.78 is 10.5. The Bertz CT molecular complexity index is 682. The molecule has 1 saturated heterocycles. The lowest BCUT2D eigenvalue weighted by atomic mass is 10.0. The first-order chi connectivity index (χ1) is 11.7. The van der Waals surface area contributed by atoms with Gasteiger partial charge in [0.1, 0.15) is 0 Å². The number of carbonyl (C=O) groups excluding carboxylic acids is 1. The fourth-order valence-electron chi connectivity index (χ4n) is 2.83. The third-order valence-corrected chi connectivity index (χ3v) is 5.00. The van der Waals surface area contributed by atoms with E-state index in [1.165, 1.54) is 0 Å². The predicted molar refractivity (Wildman–Crippen MR) is 94.4 cm³/mol.